The summed E-state index contributed by atoms with van der Waals surface area (Å²) in [7, 11) is 0. The Balaban J connectivity index is 2.03. The number of alkyl halides is 3. The van der Waals surface area contributed by atoms with E-state index in [2.05, 4.69) is 10.5 Å². The summed E-state index contributed by atoms with van der Waals surface area (Å²) in [6.45, 7) is 0. The fourth-order valence-corrected chi connectivity index (χ4v) is 2.04. The van der Waals surface area contributed by atoms with Crippen LogP contribution in [0.25, 0.3) is 0 Å². The Kier molecular flexibility index (Phi) is 4.90. The second-order valence-electron chi connectivity index (χ2n) is 4.22. The third-order valence-electron chi connectivity index (χ3n) is 2.71. The van der Waals surface area contributed by atoms with Gasteiger partial charge in [-0.2, -0.15) is 18.3 Å². The van der Waals surface area contributed by atoms with Crippen LogP contribution in [0.2, 0.25) is 0 Å². The maximum absolute atomic E-state index is 12.6. The van der Waals surface area contributed by atoms with Gasteiger partial charge in [-0.25, -0.2) is 0 Å². The van der Waals surface area contributed by atoms with Crippen LogP contribution in [0.3, 0.4) is 0 Å². The minimum Gasteiger partial charge on any atom is -0.278 e. The smallest absolute Gasteiger partial charge is 0.278 e. The SMILES string of the molecule is CSc1ccc(/C=N\Nc2cccc(C(F)(F)F)c2)cc1. The molecule has 0 spiro atoms. The zero-order valence-electron chi connectivity index (χ0n) is 11.2. The lowest BCUT2D eigenvalue weighted by Gasteiger charge is -2.08. The molecule has 0 heterocycles. The van der Waals surface area contributed by atoms with E-state index in [1.807, 2.05) is 30.5 Å². The van der Waals surface area contributed by atoms with Crippen molar-refractivity contribution < 1.29 is 13.2 Å². The molecule has 0 aliphatic heterocycles. The quantitative estimate of drug-likeness (QED) is 0.495. The van der Waals surface area contributed by atoms with Gasteiger partial charge in [-0.15, -0.1) is 11.8 Å². The van der Waals surface area contributed by atoms with Gasteiger partial charge in [-0.1, -0.05) is 18.2 Å². The predicted octanol–water partition coefficient (Wildman–Crippen LogP) is 4.87. The number of hydrogen-bond donors (Lipinski definition) is 1. The fraction of sp³-hybridized carbons (Fsp3) is 0.133. The lowest BCUT2D eigenvalue weighted by molar-refractivity contribution is -0.137. The Hall–Kier alpha value is -1.95. The number of rotatable bonds is 4. The molecule has 0 aromatic heterocycles. The fourth-order valence-electron chi connectivity index (χ4n) is 1.64. The van der Waals surface area contributed by atoms with Gasteiger partial charge in [-0.3, -0.25) is 5.43 Å². The Bertz CT molecular complexity index is 622. The molecule has 0 fully saturated rings. The first kappa shape index (κ1) is 15.4. The molecule has 1 N–H and O–H groups in total. The first-order valence-corrected chi connectivity index (χ1v) is 7.32. The number of nitrogens with zero attached hydrogens (tertiary/aromatic N) is 1. The molecule has 2 nitrogen and oxygen atoms in total. The van der Waals surface area contributed by atoms with Crippen LogP contribution in [-0.4, -0.2) is 12.5 Å². The largest absolute Gasteiger partial charge is 0.416 e. The van der Waals surface area contributed by atoms with Crippen molar-refractivity contribution in [2.24, 2.45) is 5.10 Å². The van der Waals surface area contributed by atoms with Gasteiger partial charge < -0.3 is 0 Å². The molecule has 0 radical (unpaired) electrons. The van der Waals surface area contributed by atoms with Crippen LogP contribution in [0, 0.1) is 0 Å². The van der Waals surface area contributed by atoms with Crippen molar-refractivity contribution in [3.8, 4) is 0 Å². The summed E-state index contributed by atoms with van der Waals surface area (Å²) >= 11 is 1.64. The third-order valence-corrected chi connectivity index (χ3v) is 3.46. The lowest BCUT2D eigenvalue weighted by atomic mass is 10.2. The van der Waals surface area contributed by atoms with E-state index < -0.39 is 11.7 Å². The molecule has 0 aliphatic rings. The zero-order valence-corrected chi connectivity index (χ0v) is 12.0. The second-order valence-corrected chi connectivity index (χ2v) is 5.10. The van der Waals surface area contributed by atoms with E-state index in [0.29, 0.717) is 5.69 Å². The van der Waals surface area contributed by atoms with Crippen molar-refractivity contribution in [3.05, 3.63) is 59.7 Å². The van der Waals surface area contributed by atoms with Crippen LogP contribution < -0.4 is 5.43 Å². The summed E-state index contributed by atoms with van der Waals surface area (Å²) < 4.78 is 37.7. The van der Waals surface area contributed by atoms with E-state index in [1.54, 1.807) is 18.0 Å². The van der Waals surface area contributed by atoms with Crippen LogP contribution in [0.15, 0.2) is 58.5 Å². The number of hydrazone groups is 1. The molecule has 0 bridgehead atoms. The number of benzene rings is 2. The molecule has 0 saturated heterocycles. The average Bonchev–Trinajstić information content (AvgIpc) is 2.47. The Morgan fingerprint density at radius 3 is 2.43 bits per heavy atom. The van der Waals surface area contributed by atoms with Gasteiger partial charge >= 0.3 is 6.18 Å². The molecule has 6 heteroatoms. The van der Waals surface area contributed by atoms with E-state index in [-0.39, 0.29) is 0 Å². The highest BCUT2D eigenvalue weighted by Crippen LogP contribution is 2.30. The number of thioether (sulfide) groups is 1. The maximum Gasteiger partial charge on any atom is 0.416 e. The van der Waals surface area contributed by atoms with Crippen LogP contribution >= 0.6 is 11.8 Å². The first-order chi connectivity index (χ1) is 9.99. The highest BCUT2D eigenvalue weighted by Gasteiger charge is 2.30. The third kappa shape index (κ3) is 4.53. The van der Waals surface area contributed by atoms with Gasteiger partial charge in [0.15, 0.2) is 0 Å². The maximum atomic E-state index is 12.6. The predicted molar refractivity (Wildman–Crippen MR) is 80.9 cm³/mol. The van der Waals surface area contributed by atoms with Crippen LogP contribution in [-0.2, 0) is 6.18 Å². The van der Waals surface area contributed by atoms with Gasteiger partial charge in [-0.05, 0) is 42.2 Å². The number of anilines is 1. The van der Waals surface area contributed by atoms with Crippen LogP contribution in [0.4, 0.5) is 18.9 Å². The van der Waals surface area contributed by atoms with E-state index in [1.165, 1.54) is 12.1 Å². The standard InChI is InChI=1S/C15H13F3N2S/c1-21-14-7-5-11(6-8-14)10-19-20-13-4-2-3-12(9-13)15(16,17)18/h2-10,20H,1H3/b19-10-. The van der Waals surface area contributed by atoms with Crippen molar-refractivity contribution in [2.45, 2.75) is 11.1 Å². The van der Waals surface area contributed by atoms with E-state index in [9.17, 15) is 13.2 Å². The summed E-state index contributed by atoms with van der Waals surface area (Å²) in [6.07, 6.45) is -0.808. The summed E-state index contributed by atoms with van der Waals surface area (Å²) in [5.74, 6) is 0. The molecule has 21 heavy (non-hydrogen) atoms. The van der Waals surface area contributed by atoms with Crippen LogP contribution in [0.1, 0.15) is 11.1 Å². The summed E-state index contributed by atoms with van der Waals surface area (Å²) in [5, 5.41) is 3.94. The second kappa shape index (κ2) is 6.67. The van der Waals surface area contributed by atoms with E-state index >= 15 is 0 Å². The van der Waals surface area contributed by atoms with Crippen molar-refractivity contribution >= 4 is 23.7 Å². The zero-order chi connectivity index (χ0) is 15.3. The number of nitrogens with one attached hydrogen (secondary N) is 1. The van der Waals surface area contributed by atoms with E-state index in [4.69, 9.17) is 0 Å². The summed E-state index contributed by atoms with van der Waals surface area (Å²) in [4.78, 5) is 1.14. The highest BCUT2D eigenvalue weighted by molar-refractivity contribution is 7.98. The molecule has 0 atom stereocenters. The Labute approximate surface area is 125 Å². The minimum absolute atomic E-state index is 0.293. The monoisotopic (exact) mass is 310 g/mol. The lowest BCUT2D eigenvalue weighted by Crippen LogP contribution is -2.05. The molecule has 2 rings (SSSR count). The van der Waals surface area contributed by atoms with Gasteiger partial charge in [0.1, 0.15) is 0 Å². The topological polar surface area (TPSA) is 24.4 Å². The molecular formula is C15H13F3N2S. The average molecular weight is 310 g/mol. The van der Waals surface area contributed by atoms with Gasteiger partial charge in [0.2, 0.25) is 0 Å². The Morgan fingerprint density at radius 1 is 1.10 bits per heavy atom. The molecule has 2 aromatic carbocycles. The van der Waals surface area contributed by atoms with Crippen molar-refractivity contribution in [2.75, 3.05) is 11.7 Å². The van der Waals surface area contributed by atoms with Crippen LogP contribution in [0.5, 0.6) is 0 Å². The highest BCUT2D eigenvalue weighted by atomic mass is 32.2. The molecule has 110 valence electrons. The van der Waals surface area contributed by atoms with Gasteiger partial charge in [0, 0.05) is 4.90 Å². The van der Waals surface area contributed by atoms with Crippen molar-refractivity contribution in [1.82, 2.24) is 0 Å². The minimum atomic E-state index is -4.35. The molecule has 0 saturated carbocycles. The normalized spacial score (nSPS) is 11.8. The number of hydrogen-bond acceptors (Lipinski definition) is 3. The molecule has 0 amide bonds. The van der Waals surface area contributed by atoms with Gasteiger partial charge in [0.25, 0.3) is 0 Å². The Morgan fingerprint density at radius 2 is 1.81 bits per heavy atom. The van der Waals surface area contributed by atoms with Crippen molar-refractivity contribution in [3.63, 3.8) is 0 Å². The summed E-state index contributed by atoms with van der Waals surface area (Å²) in [6, 6.07) is 12.6. The first-order valence-electron chi connectivity index (χ1n) is 6.09. The van der Waals surface area contributed by atoms with Crippen molar-refractivity contribution in [1.29, 1.82) is 0 Å². The molecule has 2 aromatic rings. The summed E-state index contributed by atoms with van der Waals surface area (Å²) in [5.41, 5.74) is 3.06. The molecule has 0 unspecified atom stereocenters. The van der Waals surface area contributed by atoms with Gasteiger partial charge in [0.05, 0.1) is 17.5 Å². The van der Waals surface area contributed by atoms with E-state index in [0.717, 1.165) is 22.6 Å². The molecule has 0 aliphatic carbocycles. The number of halogens is 3. The molecular weight excluding hydrogens is 297 g/mol.